The predicted molar refractivity (Wildman–Crippen MR) is 48.4 cm³/mol. The van der Waals surface area contributed by atoms with Gasteiger partial charge in [-0.15, -0.1) is 11.3 Å². The number of hydrogen-bond donors (Lipinski definition) is 0. The zero-order valence-corrected chi connectivity index (χ0v) is 7.67. The molecule has 0 aliphatic heterocycles. The summed E-state index contributed by atoms with van der Waals surface area (Å²) in [7, 11) is 0. The first-order chi connectivity index (χ1) is 5.90. The SMILES string of the molecule is CCOCc1cn2cncc2s1. The number of rotatable bonds is 3. The van der Waals surface area contributed by atoms with Crippen LogP contribution in [0.25, 0.3) is 4.83 Å². The Morgan fingerprint density at radius 2 is 2.58 bits per heavy atom. The maximum Gasteiger partial charge on any atom is 0.119 e. The number of nitrogens with zero attached hydrogens (tertiary/aromatic N) is 2. The van der Waals surface area contributed by atoms with E-state index in [-0.39, 0.29) is 0 Å². The van der Waals surface area contributed by atoms with Crippen LogP contribution < -0.4 is 0 Å². The molecule has 2 rings (SSSR count). The summed E-state index contributed by atoms with van der Waals surface area (Å²) in [4.78, 5) is 6.43. The van der Waals surface area contributed by atoms with E-state index >= 15 is 0 Å². The number of imidazole rings is 1. The largest absolute Gasteiger partial charge is 0.376 e. The smallest absolute Gasteiger partial charge is 0.119 e. The summed E-state index contributed by atoms with van der Waals surface area (Å²) in [5.41, 5.74) is 0. The summed E-state index contributed by atoms with van der Waals surface area (Å²) in [6.45, 7) is 3.48. The predicted octanol–water partition coefficient (Wildman–Crippen LogP) is 1.93. The molecule has 0 fully saturated rings. The van der Waals surface area contributed by atoms with Crippen molar-refractivity contribution in [2.24, 2.45) is 0 Å². The highest BCUT2D eigenvalue weighted by Gasteiger charge is 2.00. The van der Waals surface area contributed by atoms with Gasteiger partial charge in [-0.2, -0.15) is 0 Å². The fraction of sp³-hybridized carbons (Fsp3) is 0.375. The molecule has 64 valence electrons. The van der Waals surface area contributed by atoms with Crippen LogP contribution in [0.4, 0.5) is 0 Å². The fourth-order valence-electron chi connectivity index (χ4n) is 1.05. The summed E-state index contributed by atoms with van der Waals surface area (Å²) >= 11 is 1.72. The van der Waals surface area contributed by atoms with E-state index in [1.165, 1.54) is 9.71 Å². The van der Waals surface area contributed by atoms with Crippen LogP contribution >= 0.6 is 11.3 Å². The van der Waals surface area contributed by atoms with E-state index in [2.05, 4.69) is 11.2 Å². The lowest BCUT2D eigenvalue weighted by Gasteiger charge is -1.94. The van der Waals surface area contributed by atoms with E-state index < -0.39 is 0 Å². The second-order valence-electron chi connectivity index (χ2n) is 2.47. The maximum atomic E-state index is 5.30. The van der Waals surface area contributed by atoms with Gasteiger partial charge < -0.3 is 4.74 Å². The first-order valence-electron chi connectivity index (χ1n) is 3.88. The second-order valence-corrected chi connectivity index (χ2v) is 3.62. The molecule has 0 saturated carbocycles. The lowest BCUT2D eigenvalue weighted by Crippen LogP contribution is -1.88. The van der Waals surface area contributed by atoms with Gasteiger partial charge in [-0.05, 0) is 6.92 Å². The van der Waals surface area contributed by atoms with Crippen LogP contribution in [0.15, 0.2) is 18.7 Å². The monoisotopic (exact) mass is 182 g/mol. The van der Waals surface area contributed by atoms with Gasteiger partial charge in [-0.3, -0.25) is 4.40 Å². The van der Waals surface area contributed by atoms with Gasteiger partial charge in [0.05, 0.1) is 19.1 Å². The highest BCUT2D eigenvalue weighted by atomic mass is 32.1. The van der Waals surface area contributed by atoms with E-state index in [4.69, 9.17) is 4.74 Å². The van der Waals surface area contributed by atoms with E-state index in [0.29, 0.717) is 6.61 Å². The molecule has 0 saturated heterocycles. The minimum Gasteiger partial charge on any atom is -0.376 e. The molecule has 0 atom stereocenters. The molecule has 0 bridgehead atoms. The number of fused-ring (bicyclic) bond motifs is 1. The Balaban J connectivity index is 2.21. The summed E-state index contributed by atoms with van der Waals surface area (Å²) in [6, 6.07) is 0. The summed E-state index contributed by atoms with van der Waals surface area (Å²) in [6.07, 6.45) is 5.73. The van der Waals surface area contributed by atoms with Crippen LogP contribution in [-0.4, -0.2) is 16.0 Å². The molecule has 0 unspecified atom stereocenters. The average Bonchev–Trinajstić information content (AvgIpc) is 2.58. The van der Waals surface area contributed by atoms with Crippen molar-refractivity contribution in [2.75, 3.05) is 6.61 Å². The molecule has 2 heterocycles. The van der Waals surface area contributed by atoms with Gasteiger partial charge in [0.2, 0.25) is 0 Å². The van der Waals surface area contributed by atoms with Gasteiger partial charge in [0.25, 0.3) is 0 Å². The van der Waals surface area contributed by atoms with Crippen molar-refractivity contribution in [1.82, 2.24) is 9.38 Å². The Kier molecular flexibility index (Phi) is 2.10. The molecule has 3 nitrogen and oxygen atoms in total. The second kappa shape index (κ2) is 3.25. The lowest BCUT2D eigenvalue weighted by atomic mass is 10.6. The molecule has 0 spiro atoms. The number of thiazole rings is 1. The Labute approximate surface area is 74.6 Å². The van der Waals surface area contributed by atoms with E-state index in [9.17, 15) is 0 Å². The van der Waals surface area contributed by atoms with Crippen molar-refractivity contribution < 1.29 is 4.74 Å². The standard InChI is InChI=1S/C8H10N2OS/c1-2-11-5-7-4-10-6-9-3-8(10)12-7/h3-4,6H,2,5H2,1H3. The third kappa shape index (κ3) is 1.35. The molecule has 2 aromatic heterocycles. The number of ether oxygens (including phenoxy) is 1. The van der Waals surface area contributed by atoms with Crippen LogP contribution in [0.3, 0.4) is 0 Å². The highest BCUT2D eigenvalue weighted by Crippen LogP contribution is 2.17. The highest BCUT2D eigenvalue weighted by molar-refractivity contribution is 7.17. The van der Waals surface area contributed by atoms with Gasteiger partial charge in [-0.1, -0.05) is 0 Å². The Morgan fingerprint density at radius 3 is 3.33 bits per heavy atom. The van der Waals surface area contributed by atoms with Crippen molar-refractivity contribution >= 4 is 16.2 Å². The van der Waals surface area contributed by atoms with Gasteiger partial charge in [0, 0.05) is 17.7 Å². The first-order valence-corrected chi connectivity index (χ1v) is 4.70. The van der Waals surface area contributed by atoms with E-state index in [1.807, 2.05) is 17.5 Å². The van der Waals surface area contributed by atoms with Gasteiger partial charge in [0.15, 0.2) is 0 Å². The third-order valence-corrected chi connectivity index (χ3v) is 2.61. The van der Waals surface area contributed by atoms with E-state index in [1.54, 1.807) is 17.7 Å². The van der Waals surface area contributed by atoms with E-state index in [0.717, 1.165) is 6.61 Å². The number of aromatic nitrogens is 2. The summed E-state index contributed by atoms with van der Waals surface area (Å²) in [5.74, 6) is 0. The van der Waals surface area contributed by atoms with Crippen molar-refractivity contribution in [1.29, 1.82) is 0 Å². The van der Waals surface area contributed by atoms with Crippen LogP contribution in [0.2, 0.25) is 0 Å². The van der Waals surface area contributed by atoms with Gasteiger partial charge in [-0.25, -0.2) is 4.98 Å². The minimum atomic E-state index is 0.711. The van der Waals surface area contributed by atoms with Crippen molar-refractivity contribution in [3.8, 4) is 0 Å². The van der Waals surface area contributed by atoms with Crippen molar-refractivity contribution in [2.45, 2.75) is 13.5 Å². The Hall–Kier alpha value is -0.870. The molecule has 0 N–H and O–H groups in total. The van der Waals surface area contributed by atoms with Gasteiger partial charge in [0.1, 0.15) is 4.83 Å². The van der Waals surface area contributed by atoms with Gasteiger partial charge >= 0.3 is 0 Å². The third-order valence-electron chi connectivity index (χ3n) is 1.60. The zero-order valence-electron chi connectivity index (χ0n) is 6.86. The normalized spacial score (nSPS) is 11.1. The molecule has 0 aliphatic rings. The molecule has 2 aromatic rings. The lowest BCUT2D eigenvalue weighted by molar-refractivity contribution is 0.136. The quantitative estimate of drug-likeness (QED) is 0.725. The molecule has 12 heavy (non-hydrogen) atoms. The maximum absolute atomic E-state index is 5.30. The van der Waals surface area contributed by atoms with Crippen molar-refractivity contribution in [3.05, 3.63) is 23.6 Å². The topological polar surface area (TPSA) is 26.5 Å². The van der Waals surface area contributed by atoms with Crippen LogP contribution in [0.5, 0.6) is 0 Å². The fourth-order valence-corrected chi connectivity index (χ4v) is 1.95. The summed E-state index contributed by atoms with van der Waals surface area (Å²) < 4.78 is 7.31. The molecular formula is C8H10N2OS. The molecular weight excluding hydrogens is 172 g/mol. The van der Waals surface area contributed by atoms with Crippen LogP contribution in [-0.2, 0) is 11.3 Å². The molecule has 0 amide bonds. The average molecular weight is 182 g/mol. The molecule has 0 aromatic carbocycles. The van der Waals surface area contributed by atoms with Crippen LogP contribution in [0, 0.1) is 0 Å². The van der Waals surface area contributed by atoms with Crippen molar-refractivity contribution in [3.63, 3.8) is 0 Å². The zero-order chi connectivity index (χ0) is 8.39. The minimum absolute atomic E-state index is 0.711. The Morgan fingerprint density at radius 1 is 1.67 bits per heavy atom. The Bertz CT molecular complexity index is 337. The molecule has 4 heteroatoms. The first kappa shape index (κ1) is 7.76. The number of hydrogen-bond acceptors (Lipinski definition) is 3. The molecule has 0 aliphatic carbocycles. The summed E-state index contributed by atoms with van der Waals surface area (Å²) in [5, 5.41) is 0. The molecule has 0 radical (unpaired) electrons. The van der Waals surface area contributed by atoms with Crippen LogP contribution in [0.1, 0.15) is 11.8 Å².